The number of nitro benzene ring substituents is 1. The number of nitro groups is 1. The minimum atomic E-state index is -0.534. The molecule has 194 valence electrons. The Morgan fingerprint density at radius 2 is 1.87 bits per heavy atom. The Kier molecular flexibility index (Phi) is 6.31. The SMILES string of the molecule is CC[n+]1c(C=CC=C2N(C)c3cc(C)c(C)cc3C2(C)Cc2cc([N+](=O)[O-])ccc2O)oc2ccccc21. The number of aryl methyl sites for hydroxylation is 3. The van der Waals surface area contributed by atoms with Crippen molar-refractivity contribution in [2.75, 3.05) is 11.9 Å². The smallest absolute Gasteiger partial charge is 0.374 e. The summed E-state index contributed by atoms with van der Waals surface area (Å²) in [5.74, 6) is 0.811. The molecule has 1 aromatic heterocycles. The van der Waals surface area contributed by atoms with Crippen LogP contribution in [0.4, 0.5) is 11.4 Å². The molecule has 7 nitrogen and oxygen atoms in total. The van der Waals surface area contributed by atoms with Crippen molar-refractivity contribution in [1.82, 2.24) is 0 Å². The Hall–Kier alpha value is -4.39. The number of para-hydroxylation sites is 2. The Morgan fingerprint density at radius 3 is 2.61 bits per heavy atom. The molecular formula is C31H32N3O4+. The van der Waals surface area contributed by atoms with Crippen LogP contribution in [0.3, 0.4) is 0 Å². The summed E-state index contributed by atoms with van der Waals surface area (Å²) < 4.78 is 8.24. The van der Waals surface area contributed by atoms with Gasteiger partial charge in [-0.15, -0.1) is 0 Å². The van der Waals surface area contributed by atoms with Crippen LogP contribution in [0.5, 0.6) is 5.75 Å². The lowest BCUT2D eigenvalue weighted by molar-refractivity contribution is -0.674. The van der Waals surface area contributed by atoms with Gasteiger partial charge in [0.1, 0.15) is 12.3 Å². The molecule has 5 rings (SSSR count). The van der Waals surface area contributed by atoms with E-state index in [1.54, 1.807) is 0 Å². The van der Waals surface area contributed by atoms with Gasteiger partial charge in [0.2, 0.25) is 5.58 Å². The van der Waals surface area contributed by atoms with E-state index in [2.05, 4.69) is 55.4 Å². The van der Waals surface area contributed by atoms with Crippen LogP contribution in [0.1, 0.15) is 42.0 Å². The Bertz CT molecular complexity index is 1630. The van der Waals surface area contributed by atoms with E-state index >= 15 is 0 Å². The second-order valence-electron chi connectivity index (χ2n) is 10.2. The van der Waals surface area contributed by atoms with E-state index in [1.165, 1.54) is 29.3 Å². The van der Waals surface area contributed by atoms with Crippen molar-refractivity contribution in [2.45, 2.75) is 46.1 Å². The Morgan fingerprint density at radius 1 is 1.13 bits per heavy atom. The number of anilines is 1. The van der Waals surface area contributed by atoms with Crippen LogP contribution in [0.2, 0.25) is 0 Å². The number of likely N-dealkylation sites (N-methyl/N-ethyl adjacent to an activating group) is 1. The van der Waals surface area contributed by atoms with E-state index in [4.69, 9.17) is 4.42 Å². The van der Waals surface area contributed by atoms with Gasteiger partial charge in [0.25, 0.3) is 11.2 Å². The molecule has 1 atom stereocenters. The molecule has 1 aliphatic rings. The predicted octanol–water partition coefficient (Wildman–Crippen LogP) is 6.52. The molecular weight excluding hydrogens is 478 g/mol. The van der Waals surface area contributed by atoms with Crippen LogP contribution in [0.15, 0.2) is 76.9 Å². The maximum atomic E-state index is 11.5. The molecule has 0 saturated heterocycles. The van der Waals surface area contributed by atoms with Crippen LogP contribution in [0, 0.1) is 24.0 Å². The van der Waals surface area contributed by atoms with Crippen molar-refractivity contribution < 1.29 is 19.0 Å². The zero-order chi connectivity index (χ0) is 27.2. The van der Waals surface area contributed by atoms with Crippen molar-refractivity contribution in [3.8, 4) is 5.75 Å². The number of rotatable bonds is 6. The zero-order valence-corrected chi connectivity index (χ0v) is 22.4. The van der Waals surface area contributed by atoms with E-state index in [9.17, 15) is 15.2 Å². The quantitative estimate of drug-likeness (QED) is 0.181. The van der Waals surface area contributed by atoms with Gasteiger partial charge in [-0.25, -0.2) is 0 Å². The number of aromatic nitrogens is 1. The van der Waals surface area contributed by atoms with Crippen LogP contribution in [-0.4, -0.2) is 17.1 Å². The molecule has 0 radical (unpaired) electrons. The van der Waals surface area contributed by atoms with Crippen molar-refractivity contribution in [3.63, 3.8) is 0 Å². The Labute approximate surface area is 222 Å². The first-order valence-electron chi connectivity index (χ1n) is 12.8. The van der Waals surface area contributed by atoms with Gasteiger partial charge in [-0.2, -0.15) is 4.57 Å². The topological polar surface area (TPSA) is 83.6 Å². The molecule has 1 aliphatic heterocycles. The van der Waals surface area contributed by atoms with Crippen LogP contribution >= 0.6 is 0 Å². The first-order valence-corrected chi connectivity index (χ1v) is 12.8. The fourth-order valence-electron chi connectivity index (χ4n) is 5.57. The third kappa shape index (κ3) is 4.14. The number of hydrogen-bond donors (Lipinski definition) is 1. The molecule has 0 spiro atoms. The number of non-ortho nitro benzene ring substituents is 1. The summed E-state index contributed by atoms with van der Waals surface area (Å²) in [5, 5.41) is 22.1. The number of phenolic OH excluding ortho intramolecular Hbond substituents is 1. The normalized spacial score (nSPS) is 18.1. The average Bonchev–Trinajstić information content (AvgIpc) is 3.34. The molecule has 2 heterocycles. The summed E-state index contributed by atoms with van der Waals surface area (Å²) in [6.45, 7) is 9.19. The highest BCUT2D eigenvalue weighted by atomic mass is 16.6. The summed E-state index contributed by atoms with van der Waals surface area (Å²) in [7, 11) is 2.04. The maximum absolute atomic E-state index is 11.5. The van der Waals surface area contributed by atoms with E-state index in [-0.39, 0.29) is 11.4 Å². The van der Waals surface area contributed by atoms with Crippen molar-refractivity contribution in [1.29, 1.82) is 0 Å². The van der Waals surface area contributed by atoms with Crippen LogP contribution < -0.4 is 9.47 Å². The summed E-state index contributed by atoms with van der Waals surface area (Å²) in [6, 6.07) is 16.6. The lowest BCUT2D eigenvalue weighted by Crippen LogP contribution is -2.33. The fourth-order valence-corrected chi connectivity index (χ4v) is 5.57. The number of aromatic hydroxyl groups is 1. The maximum Gasteiger partial charge on any atom is 0.374 e. The standard InChI is InChI=1S/C31H31N3O4/c1-6-33-25-10-7-8-11-28(25)38-30(33)13-9-12-29-31(4,19-22-18-23(34(36)37)14-15-27(22)35)24-16-20(2)21(3)17-26(24)32(29)5/h7-18H,6,19H2,1-5H3/p+1. The first kappa shape index (κ1) is 25.3. The molecule has 38 heavy (non-hydrogen) atoms. The number of phenols is 1. The minimum Gasteiger partial charge on any atom is -0.508 e. The van der Waals surface area contributed by atoms with Crippen LogP contribution in [-0.2, 0) is 18.4 Å². The van der Waals surface area contributed by atoms with E-state index in [0.29, 0.717) is 12.0 Å². The van der Waals surface area contributed by atoms with Gasteiger partial charge in [0, 0.05) is 47.6 Å². The summed E-state index contributed by atoms with van der Waals surface area (Å²) in [4.78, 5) is 13.2. The number of allylic oxidation sites excluding steroid dienone is 3. The Balaban J connectivity index is 1.61. The molecule has 1 N–H and O–H groups in total. The zero-order valence-electron chi connectivity index (χ0n) is 22.4. The molecule has 0 fully saturated rings. The highest BCUT2D eigenvalue weighted by Gasteiger charge is 2.43. The van der Waals surface area contributed by atoms with Gasteiger partial charge in [-0.3, -0.25) is 10.1 Å². The van der Waals surface area contributed by atoms with Crippen molar-refractivity contribution in [3.05, 3.63) is 111 Å². The highest BCUT2D eigenvalue weighted by Crippen LogP contribution is 2.50. The lowest BCUT2D eigenvalue weighted by atomic mass is 9.75. The highest BCUT2D eigenvalue weighted by molar-refractivity contribution is 5.73. The van der Waals surface area contributed by atoms with Gasteiger partial charge in [-0.05, 0) is 75.1 Å². The summed E-state index contributed by atoms with van der Waals surface area (Å²) in [6.07, 6.45) is 6.44. The molecule has 7 heteroatoms. The predicted molar refractivity (Wildman–Crippen MR) is 149 cm³/mol. The third-order valence-electron chi connectivity index (χ3n) is 7.76. The molecule has 1 unspecified atom stereocenters. The van der Waals surface area contributed by atoms with Gasteiger partial charge in [0.05, 0.1) is 11.0 Å². The molecule has 3 aromatic carbocycles. The van der Waals surface area contributed by atoms with Gasteiger partial charge >= 0.3 is 5.89 Å². The van der Waals surface area contributed by atoms with E-state index in [1.807, 2.05) is 43.5 Å². The van der Waals surface area contributed by atoms with Crippen molar-refractivity contribution >= 4 is 28.6 Å². The second-order valence-corrected chi connectivity index (χ2v) is 10.2. The molecule has 0 amide bonds. The largest absolute Gasteiger partial charge is 0.508 e. The lowest BCUT2D eigenvalue weighted by Gasteiger charge is -2.29. The van der Waals surface area contributed by atoms with Crippen LogP contribution in [0.25, 0.3) is 17.2 Å². The first-order chi connectivity index (χ1) is 18.1. The van der Waals surface area contributed by atoms with Gasteiger partial charge < -0.3 is 14.4 Å². The molecule has 0 aliphatic carbocycles. The average molecular weight is 511 g/mol. The number of benzene rings is 3. The van der Waals surface area contributed by atoms with E-state index < -0.39 is 10.3 Å². The van der Waals surface area contributed by atoms with Gasteiger partial charge in [0.15, 0.2) is 0 Å². The summed E-state index contributed by atoms with van der Waals surface area (Å²) >= 11 is 0. The summed E-state index contributed by atoms with van der Waals surface area (Å²) in [5.41, 5.74) is 7.47. The van der Waals surface area contributed by atoms with Crippen molar-refractivity contribution in [2.24, 2.45) is 0 Å². The van der Waals surface area contributed by atoms with Gasteiger partial charge in [-0.1, -0.05) is 24.3 Å². The van der Waals surface area contributed by atoms with E-state index in [0.717, 1.165) is 40.5 Å². The number of oxazole rings is 1. The molecule has 0 bridgehead atoms. The fraction of sp³-hybridized carbons (Fsp3) is 0.258. The molecule has 0 saturated carbocycles. The minimum absolute atomic E-state index is 0.0347. The molecule has 4 aromatic rings. The number of nitrogens with zero attached hydrogens (tertiary/aromatic N) is 3. The number of hydrogen-bond acceptors (Lipinski definition) is 5. The third-order valence-corrected chi connectivity index (χ3v) is 7.76. The monoisotopic (exact) mass is 510 g/mol. The number of fused-ring (bicyclic) bond motifs is 2. The second kappa shape index (κ2) is 9.49.